The summed E-state index contributed by atoms with van der Waals surface area (Å²) >= 11 is 0. The maximum atomic E-state index is 13.3. The fraction of sp³-hybridized carbons (Fsp3) is 0.444. The van der Waals surface area contributed by atoms with Crippen LogP contribution in [-0.2, 0) is 14.3 Å². The molecular weight excluding hydrogens is 432 g/mol. The van der Waals surface area contributed by atoms with E-state index in [1.807, 2.05) is 45.0 Å². The van der Waals surface area contributed by atoms with E-state index in [-0.39, 0.29) is 30.4 Å². The molecule has 180 valence electrons. The Labute approximate surface area is 200 Å². The SMILES string of the molecule is CC(C)C(NC(=O)OCC1c2ccccc2-c2ccccc21)C(=O)N1CCC(C(=O)O)CC1C. The number of carbonyl (C=O) groups excluding carboxylic acids is 2. The summed E-state index contributed by atoms with van der Waals surface area (Å²) in [5, 5.41) is 12.1. The number of benzene rings is 2. The van der Waals surface area contributed by atoms with E-state index in [0.717, 1.165) is 22.3 Å². The molecule has 2 aromatic carbocycles. The summed E-state index contributed by atoms with van der Waals surface area (Å²) in [5.41, 5.74) is 4.56. The molecule has 7 nitrogen and oxygen atoms in total. The van der Waals surface area contributed by atoms with Gasteiger partial charge < -0.3 is 20.1 Å². The number of carboxylic acids is 1. The van der Waals surface area contributed by atoms with Gasteiger partial charge in [-0.05, 0) is 47.9 Å². The number of carbonyl (C=O) groups is 3. The number of piperidine rings is 1. The maximum absolute atomic E-state index is 13.3. The molecule has 0 radical (unpaired) electrons. The van der Waals surface area contributed by atoms with Crippen molar-refractivity contribution < 1.29 is 24.2 Å². The van der Waals surface area contributed by atoms with Crippen LogP contribution in [0.1, 0.15) is 50.7 Å². The number of alkyl carbamates (subject to hydrolysis) is 1. The lowest BCUT2D eigenvalue weighted by Crippen LogP contribution is -2.56. The molecule has 1 fully saturated rings. The third-order valence-corrected chi connectivity index (χ3v) is 7.06. The Morgan fingerprint density at radius 1 is 1.06 bits per heavy atom. The fourth-order valence-corrected chi connectivity index (χ4v) is 5.18. The molecule has 0 aromatic heterocycles. The second kappa shape index (κ2) is 9.87. The Hall–Kier alpha value is -3.35. The van der Waals surface area contributed by atoms with E-state index in [9.17, 15) is 19.5 Å². The van der Waals surface area contributed by atoms with Crippen molar-refractivity contribution in [1.29, 1.82) is 0 Å². The number of rotatable bonds is 6. The lowest BCUT2D eigenvalue weighted by atomic mass is 9.90. The van der Waals surface area contributed by atoms with E-state index < -0.39 is 24.0 Å². The lowest BCUT2D eigenvalue weighted by Gasteiger charge is -2.39. The first-order valence-corrected chi connectivity index (χ1v) is 11.9. The van der Waals surface area contributed by atoms with Crippen LogP contribution >= 0.6 is 0 Å². The van der Waals surface area contributed by atoms with Crippen LogP contribution in [0.5, 0.6) is 0 Å². The van der Waals surface area contributed by atoms with Crippen molar-refractivity contribution in [2.24, 2.45) is 11.8 Å². The van der Waals surface area contributed by atoms with Crippen LogP contribution < -0.4 is 5.32 Å². The second-order valence-electron chi connectivity index (χ2n) is 9.63. The molecule has 2 amide bonds. The molecule has 0 saturated carbocycles. The van der Waals surface area contributed by atoms with Gasteiger partial charge in [0.05, 0.1) is 5.92 Å². The average Bonchev–Trinajstić information content (AvgIpc) is 3.14. The minimum atomic E-state index is -0.823. The van der Waals surface area contributed by atoms with Gasteiger partial charge in [-0.15, -0.1) is 0 Å². The number of amides is 2. The summed E-state index contributed by atoms with van der Waals surface area (Å²) < 4.78 is 5.63. The molecule has 34 heavy (non-hydrogen) atoms. The van der Waals surface area contributed by atoms with Crippen LogP contribution in [0.15, 0.2) is 48.5 Å². The van der Waals surface area contributed by atoms with E-state index in [2.05, 4.69) is 29.6 Å². The fourth-order valence-electron chi connectivity index (χ4n) is 5.18. The zero-order valence-corrected chi connectivity index (χ0v) is 19.9. The molecule has 1 heterocycles. The highest BCUT2D eigenvalue weighted by atomic mass is 16.5. The number of hydrogen-bond donors (Lipinski definition) is 2. The summed E-state index contributed by atoms with van der Waals surface area (Å²) in [5.74, 6) is -1.65. The van der Waals surface area contributed by atoms with Gasteiger partial charge in [-0.1, -0.05) is 62.4 Å². The van der Waals surface area contributed by atoms with E-state index in [1.54, 1.807) is 4.90 Å². The van der Waals surface area contributed by atoms with E-state index >= 15 is 0 Å². The van der Waals surface area contributed by atoms with Gasteiger partial charge in [0.25, 0.3) is 0 Å². The third-order valence-electron chi connectivity index (χ3n) is 7.06. The number of aliphatic carboxylic acids is 1. The van der Waals surface area contributed by atoms with Crippen LogP contribution in [-0.4, -0.2) is 53.2 Å². The molecule has 2 aliphatic rings. The highest BCUT2D eigenvalue weighted by molar-refractivity contribution is 5.86. The second-order valence-corrected chi connectivity index (χ2v) is 9.63. The van der Waals surface area contributed by atoms with Gasteiger partial charge in [0.15, 0.2) is 0 Å². The number of likely N-dealkylation sites (tertiary alicyclic amines) is 1. The number of carboxylic acid groups (broad SMARTS) is 1. The van der Waals surface area contributed by atoms with Gasteiger partial charge in [-0.3, -0.25) is 9.59 Å². The van der Waals surface area contributed by atoms with Gasteiger partial charge in [0.2, 0.25) is 5.91 Å². The summed E-state index contributed by atoms with van der Waals surface area (Å²) in [6.07, 6.45) is 0.208. The zero-order chi connectivity index (χ0) is 24.4. The maximum Gasteiger partial charge on any atom is 0.407 e. The highest BCUT2D eigenvalue weighted by Crippen LogP contribution is 2.44. The number of hydrogen-bond acceptors (Lipinski definition) is 4. The Bertz CT molecular complexity index is 1040. The molecule has 0 spiro atoms. The Kier molecular flexibility index (Phi) is 6.91. The van der Waals surface area contributed by atoms with E-state index in [1.165, 1.54) is 0 Å². The average molecular weight is 465 g/mol. The van der Waals surface area contributed by atoms with Crippen LogP contribution in [0.25, 0.3) is 11.1 Å². The predicted octanol–water partition coefficient (Wildman–Crippen LogP) is 4.26. The number of nitrogens with zero attached hydrogens (tertiary/aromatic N) is 1. The van der Waals surface area contributed by atoms with Crippen LogP contribution in [0.4, 0.5) is 4.79 Å². The number of ether oxygens (including phenoxy) is 1. The topological polar surface area (TPSA) is 95.9 Å². The van der Waals surface area contributed by atoms with Crippen molar-refractivity contribution in [2.45, 2.75) is 51.6 Å². The largest absolute Gasteiger partial charge is 0.481 e. The van der Waals surface area contributed by atoms with Gasteiger partial charge >= 0.3 is 12.1 Å². The first-order valence-electron chi connectivity index (χ1n) is 11.9. The van der Waals surface area contributed by atoms with Crippen molar-refractivity contribution in [3.63, 3.8) is 0 Å². The quantitative estimate of drug-likeness (QED) is 0.666. The Morgan fingerprint density at radius 2 is 1.65 bits per heavy atom. The predicted molar refractivity (Wildman–Crippen MR) is 128 cm³/mol. The van der Waals surface area contributed by atoms with E-state index in [4.69, 9.17) is 4.74 Å². The first-order chi connectivity index (χ1) is 16.3. The lowest BCUT2D eigenvalue weighted by molar-refractivity contribution is -0.148. The monoisotopic (exact) mass is 464 g/mol. The molecule has 3 unspecified atom stereocenters. The van der Waals surface area contributed by atoms with Crippen LogP contribution in [0.2, 0.25) is 0 Å². The number of nitrogens with one attached hydrogen (secondary N) is 1. The summed E-state index contributed by atoms with van der Waals surface area (Å²) in [6.45, 7) is 6.16. The number of fused-ring (bicyclic) bond motifs is 3. The minimum absolute atomic E-state index is 0.0542. The van der Waals surface area contributed by atoms with Crippen molar-refractivity contribution in [2.75, 3.05) is 13.2 Å². The Morgan fingerprint density at radius 3 is 2.18 bits per heavy atom. The van der Waals surface area contributed by atoms with Crippen LogP contribution in [0.3, 0.4) is 0 Å². The third kappa shape index (κ3) is 4.65. The molecule has 2 N–H and O–H groups in total. The molecule has 4 rings (SSSR count). The Balaban J connectivity index is 1.41. The molecular formula is C27H32N2O5. The molecule has 2 aromatic rings. The standard InChI is InChI=1S/C27H32N2O5/c1-16(2)24(25(30)29-13-12-18(26(31)32)14-17(29)3)28-27(33)34-15-23-21-10-6-4-8-19(21)20-9-5-7-11-22(20)23/h4-11,16-18,23-24H,12-15H2,1-3H3,(H,28,33)(H,31,32). The van der Waals surface area contributed by atoms with Crippen molar-refractivity contribution in [3.8, 4) is 11.1 Å². The van der Waals surface area contributed by atoms with Crippen molar-refractivity contribution in [3.05, 3.63) is 59.7 Å². The molecule has 7 heteroatoms. The molecule has 1 aliphatic carbocycles. The normalized spacial score (nSPS) is 20.4. The van der Waals surface area contributed by atoms with Crippen molar-refractivity contribution in [1.82, 2.24) is 10.2 Å². The molecule has 1 saturated heterocycles. The van der Waals surface area contributed by atoms with Gasteiger partial charge in [-0.25, -0.2) is 4.79 Å². The van der Waals surface area contributed by atoms with Crippen molar-refractivity contribution >= 4 is 18.0 Å². The summed E-state index contributed by atoms with van der Waals surface area (Å²) in [4.78, 5) is 39.0. The molecule has 1 aliphatic heterocycles. The molecule has 0 bridgehead atoms. The first kappa shape index (κ1) is 23.8. The van der Waals surface area contributed by atoms with E-state index in [0.29, 0.717) is 19.4 Å². The smallest absolute Gasteiger partial charge is 0.407 e. The van der Waals surface area contributed by atoms with Gasteiger partial charge in [-0.2, -0.15) is 0 Å². The summed E-state index contributed by atoms with van der Waals surface area (Å²) in [7, 11) is 0. The zero-order valence-electron chi connectivity index (χ0n) is 19.9. The van der Waals surface area contributed by atoms with Gasteiger partial charge in [0.1, 0.15) is 12.6 Å². The molecule has 3 atom stereocenters. The van der Waals surface area contributed by atoms with Gasteiger partial charge in [0, 0.05) is 18.5 Å². The highest BCUT2D eigenvalue weighted by Gasteiger charge is 2.37. The van der Waals surface area contributed by atoms with Crippen LogP contribution in [0, 0.1) is 11.8 Å². The summed E-state index contributed by atoms with van der Waals surface area (Å²) in [6, 6.07) is 15.3. The minimum Gasteiger partial charge on any atom is -0.481 e.